The molecule has 0 aliphatic rings. The van der Waals surface area contributed by atoms with Crippen molar-refractivity contribution in [2.45, 2.75) is 19.0 Å². The smallest absolute Gasteiger partial charge is 0.392 e. The van der Waals surface area contributed by atoms with Crippen LogP contribution in [0.2, 0.25) is 0 Å². The Labute approximate surface area is 133 Å². The average molecular weight is 346 g/mol. The maximum absolute atomic E-state index is 12.8. The van der Waals surface area contributed by atoms with Crippen LogP contribution in [0.25, 0.3) is 12.2 Å². The van der Waals surface area contributed by atoms with Crippen LogP contribution in [0, 0.1) is 0 Å². The van der Waals surface area contributed by atoms with Crippen molar-refractivity contribution in [3.8, 4) is 0 Å². The van der Waals surface area contributed by atoms with Gasteiger partial charge in [0.1, 0.15) is 0 Å². The van der Waals surface area contributed by atoms with Gasteiger partial charge < -0.3 is 5.11 Å². The zero-order valence-electron chi connectivity index (χ0n) is 12.1. The van der Waals surface area contributed by atoms with Crippen molar-refractivity contribution < 1.29 is 31.4 Å². The first-order chi connectivity index (χ1) is 11.1. The van der Waals surface area contributed by atoms with E-state index in [1.807, 2.05) is 0 Å². The Morgan fingerprint density at radius 3 is 1.58 bits per heavy atom. The number of halogens is 6. The van der Waals surface area contributed by atoms with Gasteiger partial charge in [-0.15, -0.1) is 0 Å². The van der Waals surface area contributed by atoms with E-state index in [1.165, 1.54) is 12.2 Å². The fraction of sp³-hybridized carbons (Fsp3) is 0.176. The SMILES string of the molecule is OCc1ccc(C=Cc2cc(C(F)(F)F)cc(C(F)(F)F)c2)cc1. The molecule has 1 N–H and O–H groups in total. The Morgan fingerprint density at radius 1 is 0.708 bits per heavy atom. The number of hydrogen-bond donors (Lipinski definition) is 1. The number of rotatable bonds is 3. The van der Waals surface area contributed by atoms with Gasteiger partial charge >= 0.3 is 12.4 Å². The van der Waals surface area contributed by atoms with Gasteiger partial charge in [-0.3, -0.25) is 0 Å². The van der Waals surface area contributed by atoms with E-state index in [9.17, 15) is 26.3 Å². The van der Waals surface area contributed by atoms with Crippen LogP contribution in [0.5, 0.6) is 0 Å². The molecule has 0 saturated heterocycles. The fourth-order valence-electron chi connectivity index (χ4n) is 2.00. The van der Waals surface area contributed by atoms with Crippen molar-refractivity contribution in [2.24, 2.45) is 0 Å². The van der Waals surface area contributed by atoms with Gasteiger partial charge in [-0.25, -0.2) is 0 Å². The normalized spacial score (nSPS) is 12.8. The summed E-state index contributed by atoms with van der Waals surface area (Å²) in [6.45, 7) is -0.160. The summed E-state index contributed by atoms with van der Waals surface area (Å²) in [5.41, 5.74) is -1.69. The van der Waals surface area contributed by atoms with Crippen molar-refractivity contribution in [3.05, 3.63) is 70.3 Å². The highest BCUT2D eigenvalue weighted by molar-refractivity contribution is 5.70. The molecule has 0 radical (unpaired) electrons. The van der Waals surface area contributed by atoms with Crippen LogP contribution in [0.15, 0.2) is 42.5 Å². The molecule has 0 spiro atoms. The molecule has 7 heteroatoms. The molecule has 24 heavy (non-hydrogen) atoms. The summed E-state index contributed by atoms with van der Waals surface area (Å²) in [6.07, 6.45) is -7.16. The lowest BCUT2D eigenvalue weighted by atomic mass is 10.0. The summed E-state index contributed by atoms with van der Waals surface area (Å²) in [5.74, 6) is 0. The highest BCUT2D eigenvalue weighted by Crippen LogP contribution is 2.36. The second-order valence-electron chi connectivity index (χ2n) is 5.07. The minimum atomic E-state index is -4.87. The highest BCUT2D eigenvalue weighted by atomic mass is 19.4. The Bertz CT molecular complexity index is 694. The van der Waals surface area contributed by atoms with E-state index >= 15 is 0 Å². The molecule has 0 unspecified atom stereocenters. The molecule has 0 aromatic heterocycles. The molecule has 0 atom stereocenters. The van der Waals surface area contributed by atoms with Crippen molar-refractivity contribution in [1.29, 1.82) is 0 Å². The predicted molar refractivity (Wildman–Crippen MR) is 77.7 cm³/mol. The Hall–Kier alpha value is -2.28. The second kappa shape index (κ2) is 6.68. The Morgan fingerprint density at radius 2 is 1.17 bits per heavy atom. The van der Waals surface area contributed by atoms with Gasteiger partial charge in [0.05, 0.1) is 17.7 Å². The maximum Gasteiger partial charge on any atom is 0.416 e. The van der Waals surface area contributed by atoms with Crippen LogP contribution in [-0.4, -0.2) is 5.11 Å². The number of benzene rings is 2. The topological polar surface area (TPSA) is 20.2 Å². The van der Waals surface area contributed by atoms with E-state index in [4.69, 9.17) is 5.11 Å². The van der Waals surface area contributed by atoms with E-state index < -0.39 is 23.5 Å². The third-order valence-electron chi connectivity index (χ3n) is 3.24. The molecule has 2 aromatic rings. The van der Waals surface area contributed by atoms with Gasteiger partial charge in [0, 0.05) is 0 Å². The lowest BCUT2D eigenvalue weighted by Gasteiger charge is -2.12. The van der Waals surface area contributed by atoms with Gasteiger partial charge in [0.15, 0.2) is 0 Å². The van der Waals surface area contributed by atoms with Crippen molar-refractivity contribution >= 4 is 12.2 Å². The first kappa shape index (κ1) is 18.1. The molecule has 1 nitrogen and oxygen atoms in total. The average Bonchev–Trinajstić information content (AvgIpc) is 2.51. The van der Waals surface area contributed by atoms with E-state index in [2.05, 4.69) is 0 Å². The Kier molecular flexibility index (Phi) is 5.03. The molecule has 0 aliphatic heterocycles. The molecule has 0 saturated carbocycles. The van der Waals surface area contributed by atoms with Crippen molar-refractivity contribution in [1.82, 2.24) is 0 Å². The second-order valence-corrected chi connectivity index (χ2v) is 5.07. The number of alkyl halides is 6. The third-order valence-corrected chi connectivity index (χ3v) is 3.24. The van der Waals surface area contributed by atoms with Crippen LogP contribution in [0.4, 0.5) is 26.3 Å². The lowest BCUT2D eigenvalue weighted by Crippen LogP contribution is -2.11. The molecule has 128 valence electrons. The predicted octanol–water partition coefficient (Wildman–Crippen LogP) is 5.39. The molecule has 0 aliphatic carbocycles. The first-order valence-electron chi connectivity index (χ1n) is 6.77. The van der Waals surface area contributed by atoms with Gasteiger partial charge in [-0.2, -0.15) is 26.3 Å². The Balaban J connectivity index is 2.39. The van der Waals surface area contributed by atoms with E-state index in [1.54, 1.807) is 24.3 Å². The molecular formula is C17H12F6O. The van der Waals surface area contributed by atoms with Crippen LogP contribution in [-0.2, 0) is 19.0 Å². The van der Waals surface area contributed by atoms with E-state index in [-0.39, 0.29) is 18.2 Å². The number of hydrogen-bond acceptors (Lipinski definition) is 1. The summed E-state index contributed by atoms with van der Waals surface area (Å²) in [7, 11) is 0. The van der Waals surface area contributed by atoms with Gasteiger partial charge in [-0.05, 0) is 34.9 Å². The zero-order valence-corrected chi connectivity index (χ0v) is 12.1. The molecule has 2 aromatic carbocycles. The van der Waals surface area contributed by atoms with E-state index in [0.29, 0.717) is 23.3 Å². The fourth-order valence-corrected chi connectivity index (χ4v) is 2.00. The molecule has 2 rings (SSSR count). The molecule has 0 heterocycles. The summed E-state index contributed by atoms with van der Waals surface area (Å²) in [4.78, 5) is 0. The van der Waals surface area contributed by atoms with Crippen LogP contribution in [0.3, 0.4) is 0 Å². The minimum absolute atomic E-state index is 0.0907. The van der Waals surface area contributed by atoms with Crippen molar-refractivity contribution in [3.63, 3.8) is 0 Å². The van der Waals surface area contributed by atoms with Gasteiger partial charge in [0.2, 0.25) is 0 Å². The molecule has 0 fully saturated rings. The zero-order chi connectivity index (χ0) is 18.0. The van der Waals surface area contributed by atoms with Gasteiger partial charge in [-0.1, -0.05) is 36.4 Å². The summed E-state index contributed by atoms with van der Waals surface area (Å²) >= 11 is 0. The number of aliphatic hydroxyl groups excluding tert-OH is 1. The lowest BCUT2D eigenvalue weighted by molar-refractivity contribution is -0.143. The third kappa shape index (κ3) is 4.61. The monoisotopic (exact) mass is 346 g/mol. The number of aliphatic hydroxyl groups is 1. The first-order valence-corrected chi connectivity index (χ1v) is 6.77. The molecular weight excluding hydrogens is 334 g/mol. The van der Waals surface area contributed by atoms with Crippen LogP contribution in [0.1, 0.15) is 27.8 Å². The largest absolute Gasteiger partial charge is 0.416 e. The maximum atomic E-state index is 12.8. The summed E-state index contributed by atoms with van der Waals surface area (Å²) < 4.78 is 76.6. The molecule has 0 amide bonds. The summed E-state index contributed by atoms with van der Waals surface area (Å²) in [5, 5.41) is 8.92. The van der Waals surface area contributed by atoms with Crippen LogP contribution < -0.4 is 0 Å². The molecule has 0 bridgehead atoms. The highest BCUT2D eigenvalue weighted by Gasteiger charge is 2.36. The van der Waals surface area contributed by atoms with Crippen LogP contribution >= 0.6 is 0 Å². The van der Waals surface area contributed by atoms with Gasteiger partial charge in [0.25, 0.3) is 0 Å². The van der Waals surface area contributed by atoms with E-state index in [0.717, 1.165) is 0 Å². The quantitative estimate of drug-likeness (QED) is 0.584. The minimum Gasteiger partial charge on any atom is -0.392 e. The van der Waals surface area contributed by atoms with Crippen molar-refractivity contribution in [2.75, 3.05) is 0 Å². The summed E-state index contributed by atoms with van der Waals surface area (Å²) in [6, 6.07) is 7.82. The standard InChI is InChI=1S/C17H12F6O/c18-16(19,20)14-7-13(8-15(9-14)17(21,22)23)6-3-11-1-4-12(10-24)5-2-11/h1-9,24H,10H2.